The maximum absolute atomic E-state index is 12.3. The van der Waals surface area contributed by atoms with E-state index >= 15 is 0 Å². The van der Waals surface area contributed by atoms with E-state index in [1.54, 1.807) is 6.07 Å². The van der Waals surface area contributed by atoms with Crippen molar-refractivity contribution < 1.29 is 53.7 Å². The van der Waals surface area contributed by atoms with Gasteiger partial charge in [-0.3, -0.25) is 18.0 Å². The van der Waals surface area contributed by atoms with Crippen LogP contribution in [0, 0.1) is 0 Å². The molecule has 38 heavy (non-hydrogen) atoms. The molecule has 1 aromatic rings. The first-order valence-corrected chi connectivity index (χ1v) is 15.1. The van der Waals surface area contributed by atoms with Crippen molar-refractivity contribution in [3.05, 3.63) is 29.6 Å². The van der Waals surface area contributed by atoms with Crippen molar-refractivity contribution >= 4 is 32.1 Å². The molecule has 0 atom stereocenters. The van der Waals surface area contributed by atoms with E-state index in [-0.39, 0.29) is 90.5 Å². The Labute approximate surface area is 222 Å². The summed E-state index contributed by atoms with van der Waals surface area (Å²) in [5.41, 5.74) is 0.139. The van der Waals surface area contributed by atoms with Gasteiger partial charge in [-0.15, -0.1) is 0 Å². The summed E-state index contributed by atoms with van der Waals surface area (Å²) < 4.78 is 73.1. The van der Waals surface area contributed by atoms with Crippen LogP contribution in [0.4, 0.5) is 0 Å². The summed E-state index contributed by atoms with van der Waals surface area (Å²) >= 11 is 0. The number of nitrogens with one attached hydrogen (secondary N) is 2. The highest BCUT2D eigenvalue weighted by Gasteiger charge is 2.12. The lowest BCUT2D eigenvalue weighted by Crippen LogP contribution is -2.31. The molecule has 0 spiro atoms. The van der Waals surface area contributed by atoms with Crippen LogP contribution in [-0.4, -0.2) is 125 Å². The Morgan fingerprint density at radius 2 is 0.974 bits per heavy atom. The van der Waals surface area contributed by atoms with Gasteiger partial charge in [0.1, 0.15) is 11.4 Å². The summed E-state index contributed by atoms with van der Waals surface area (Å²) in [5, 5.41) is 5.26. The zero-order chi connectivity index (χ0) is 28.3. The first-order valence-electron chi connectivity index (χ1n) is 11.5. The Hall–Kier alpha value is -2.25. The molecule has 2 N–H and O–H groups in total. The second-order valence-corrected chi connectivity index (χ2v) is 10.7. The molecule has 0 aliphatic rings. The standard InChI is InChI=1S/C21H35N3O12S2/c1-37(27,28)35-16-14-33-12-10-31-8-6-22-20(25)18-4-3-5-19(24-18)21(26)23-7-9-32-11-13-34-15-17-36-38(2,29)30/h3-5H,6-17H2,1-2H3,(H,22,25)(H,23,26). The highest BCUT2D eigenvalue weighted by molar-refractivity contribution is 7.86. The average molecular weight is 586 g/mol. The minimum Gasteiger partial charge on any atom is -0.377 e. The van der Waals surface area contributed by atoms with Crippen LogP contribution in [0.15, 0.2) is 18.2 Å². The number of aromatic nitrogens is 1. The first kappa shape index (κ1) is 33.8. The van der Waals surface area contributed by atoms with E-state index in [9.17, 15) is 26.4 Å². The third-order valence-corrected chi connectivity index (χ3v) is 5.26. The monoisotopic (exact) mass is 585 g/mol. The van der Waals surface area contributed by atoms with Gasteiger partial charge in [0.2, 0.25) is 0 Å². The van der Waals surface area contributed by atoms with Crippen LogP contribution < -0.4 is 10.6 Å². The smallest absolute Gasteiger partial charge is 0.269 e. The summed E-state index contributed by atoms with van der Waals surface area (Å²) in [6, 6.07) is 4.49. The van der Waals surface area contributed by atoms with Crippen LogP contribution in [0.5, 0.6) is 0 Å². The van der Waals surface area contributed by atoms with Gasteiger partial charge in [0.15, 0.2) is 0 Å². The van der Waals surface area contributed by atoms with Gasteiger partial charge in [0.25, 0.3) is 32.1 Å². The number of rotatable bonds is 22. The maximum Gasteiger partial charge on any atom is 0.269 e. The Morgan fingerprint density at radius 3 is 1.34 bits per heavy atom. The zero-order valence-corrected chi connectivity index (χ0v) is 23.0. The topological polar surface area (TPSA) is 195 Å². The van der Waals surface area contributed by atoms with Crippen molar-refractivity contribution in [2.45, 2.75) is 0 Å². The molecule has 15 nitrogen and oxygen atoms in total. The van der Waals surface area contributed by atoms with E-state index in [0.717, 1.165) is 12.5 Å². The number of hydrogen-bond donors (Lipinski definition) is 2. The molecular weight excluding hydrogens is 550 g/mol. The molecule has 1 aromatic heterocycles. The predicted molar refractivity (Wildman–Crippen MR) is 134 cm³/mol. The number of hydrogen-bond acceptors (Lipinski definition) is 13. The Bertz CT molecular complexity index is 972. The predicted octanol–water partition coefficient (Wildman–Crippen LogP) is -1.44. The Kier molecular flexibility index (Phi) is 16.8. The van der Waals surface area contributed by atoms with Gasteiger partial charge in [-0.2, -0.15) is 16.8 Å². The molecule has 17 heteroatoms. The molecule has 0 unspecified atom stereocenters. The number of amides is 2. The lowest BCUT2D eigenvalue weighted by Gasteiger charge is -2.09. The molecule has 0 saturated carbocycles. The number of ether oxygens (including phenoxy) is 4. The molecule has 0 radical (unpaired) electrons. The second-order valence-electron chi connectivity index (χ2n) is 7.42. The van der Waals surface area contributed by atoms with E-state index in [0.29, 0.717) is 0 Å². The van der Waals surface area contributed by atoms with Crippen LogP contribution >= 0.6 is 0 Å². The Balaban J connectivity index is 2.13. The number of carbonyl (C=O) groups is 2. The largest absolute Gasteiger partial charge is 0.377 e. The lowest BCUT2D eigenvalue weighted by molar-refractivity contribution is 0.0378. The van der Waals surface area contributed by atoms with Crippen LogP contribution in [0.1, 0.15) is 21.0 Å². The van der Waals surface area contributed by atoms with Crippen molar-refractivity contribution in [2.24, 2.45) is 0 Å². The van der Waals surface area contributed by atoms with Crippen molar-refractivity contribution in [3.63, 3.8) is 0 Å². The fraction of sp³-hybridized carbons (Fsp3) is 0.667. The Morgan fingerprint density at radius 1 is 0.632 bits per heavy atom. The number of nitrogens with zero attached hydrogens (tertiary/aromatic N) is 1. The summed E-state index contributed by atoms with van der Waals surface area (Å²) in [7, 11) is -6.97. The first-order chi connectivity index (χ1) is 18.0. The molecule has 1 heterocycles. The molecule has 0 fully saturated rings. The third kappa shape index (κ3) is 18.9. The van der Waals surface area contributed by atoms with Gasteiger partial charge in [-0.1, -0.05) is 6.07 Å². The minimum absolute atomic E-state index is 0.0695. The van der Waals surface area contributed by atoms with Gasteiger partial charge in [0, 0.05) is 13.1 Å². The van der Waals surface area contributed by atoms with Crippen LogP contribution in [0.3, 0.4) is 0 Å². The molecule has 2 amide bonds. The van der Waals surface area contributed by atoms with Gasteiger partial charge >= 0.3 is 0 Å². The highest BCUT2D eigenvalue weighted by atomic mass is 32.2. The molecular formula is C21H35N3O12S2. The molecule has 0 bridgehead atoms. The summed E-state index contributed by atoms with van der Waals surface area (Å²) in [6.07, 6.45) is 1.91. The van der Waals surface area contributed by atoms with Crippen molar-refractivity contribution in [1.29, 1.82) is 0 Å². The lowest BCUT2D eigenvalue weighted by atomic mass is 10.2. The SMILES string of the molecule is CS(=O)(=O)OCCOCCOCCNC(=O)c1cccc(C(=O)NCCOCCOCCOS(C)(=O)=O)n1. The molecule has 0 aliphatic heterocycles. The van der Waals surface area contributed by atoms with Crippen LogP contribution in [-0.2, 0) is 47.5 Å². The summed E-state index contributed by atoms with van der Waals surface area (Å²) in [5.74, 6) is -0.939. The molecule has 0 saturated heterocycles. The summed E-state index contributed by atoms with van der Waals surface area (Å²) in [4.78, 5) is 28.6. The van der Waals surface area contributed by atoms with E-state index < -0.39 is 32.1 Å². The van der Waals surface area contributed by atoms with Gasteiger partial charge in [-0.25, -0.2) is 4.98 Å². The second kappa shape index (κ2) is 18.9. The fourth-order valence-electron chi connectivity index (χ4n) is 2.47. The van der Waals surface area contributed by atoms with Crippen LogP contribution in [0.2, 0.25) is 0 Å². The molecule has 0 aliphatic carbocycles. The summed E-state index contributed by atoms with van der Waals surface area (Å²) in [6.45, 7) is 1.90. The van der Waals surface area contributed by atoms with E-state index in [1.165, 1.54) is 12.1 Å². The molecule has 0 aromatic carbocycles. The zero-order valence-electron chi connectivity index (χ0n) is 21.4. The number of carbonyl (C=O) groups excluding carboxylic acids is 2. The third-order valence-electron chi connectivity index (χ3n) is 4.07. The van der Waals surface area contributed by atoms with Gasteiger partial charge < -0.3 is 29.6 Å². The van der Waals surface area contributed by atoms with Crippen LogP contribution in [0.25, 0.3) is 0 Å². The molecule has 218 valence electrons. The van der Waals surface area contributed by atoms with Crippen molar-refractivity contribution in [3.8, 4) is 0 Å². The average Bonchev–Trinajstić information content (AvgIpc) is 2.84. The maximum atomic E-state index is 12.3. The van der Waals surface area contributed by atoms with Gasteiger partial charge in [-0.05, 0) is 12.1 Å². The fourth-order valence-corrected chi connectivity index (χ4v) is 3.22. The highest BCUT2D eigenvalue weighted by Crippen LogP contribution is 2.00. The van der Waals surface area contributed by atoms with E-state index in [1.807, 2.05) is 0 Å². The quantitative estimate of drug-likeness (QED) is 0.119. The molecule has 1 rings (SSSR count). The van der Waals surface area contributed by atoms with E-state index in [2.05, 4.69) is 24.0 Å². The van der Waals surface area contributed by atoms with E-state index in [4.69, 9.17) is 18.9 Å². The minimum atomic E-state index is -3.48. The normalized spacial score (nSPS) is 11.8. The number of pyridine rings is 1. The van der Waals surface area contributed by atoms with Gasteiger partial charge in [0.05, 0.1) is 78.6 Å². The van der Waals surface area contributed by atoms with Crippen molar-refractivity contribution in [2.75, 3.05) is 91.7 Å². The van der Waals surface area contributed by atoms with Crippen molar-refractivity contribution in [1.82, 2.24) is 15.6 Å².